The van der Waals surface area contributed by atoms with Crippen LogP contribution in [0.5, 0.6) is 0 Å². The number of quaternary nitrogens is 1. The van der Waals surface area contributed by atoms with Crippen molar-refractivity contribution in [3.63, 3.8) is 0 Å². The van der Waals surface area contributed by atoms with Gasteiger partial charge in [0.1, 0.15) is 6.54 Å². The monoisotopic (exact) mass is 164 g/mol. The summed E-state index contributed by atoms with van der Waals surface area (Å²) >= 11 is 0. The lowest BCUT2D eigenvalue weighted by molar-refractivity contribution is -0.875. The van der Waals surface area contributed by atoms with Crippen molar-refractivity contribution in [3.05, 3.63) is 0 Å². The van der Waals surface area contributed by atoms with E-state index in [1.54, 1.807) is 0 Å². The summed E-state index contributed by atoms with van der Waals surface area (Å²) < 4.78 is 18.3. The standard InChI is InChI=1S/C8H19FNO/c1-5-6-11-8(9)7-10(2,3)4/h8H,5-7H2,1-4H3/q+1. The van der Waals surface area contributed by atoms with Gasteiger partial charge in [0.15, 0.2) is 0 Å². The van der Waals surface area contributed by atoms with E-state index in [4.69, 9.17) is 4.74 Å². The van der Waals surface area contributed by atoms with Gasteiger partial charge in [-0.1, -0.05) is 6.92 Å². The van der Waals surface area contributed by atoms with Gasteiger partial charge in [0.05, 0.1) is 21.1 Å². The van der Waals surface area contributed by atoms with Crippen LogP contribution in [0.2, 0.25) is 0 Å². The van der Waals surface area contributed by atoms with Gasteiger partial charge in [-0.25, -0.2) is 4.39 Å². The SMILES string of the molecule is CCCOC(F)C[N+](C)(C)C. The molecule has 0 fully saturated rings. The smallest absolute Gasteiger partial charge is 0.248 e. The number of halogens is 1. The second-order valence-corrected chi connectivity index (χ2v) is 3.75. The Bertz CT molecular complexity index is 101. The maximum absolute atomic E-state index is 12.8. The molecule has 1 atom stereocenters. The van der Waals surface area contributed by atoms with E-state index in [0.29, 0.717) is 17.6 Å². The lowest BCUT2D eigenvalue weighted by Gasteiger charge is -2.25. The van der Waals surface area contributed by atoms with Crippen molar-refractivity contribution in [1.29, 1.82) is 0 Å². The van der Waals surface area contributed by atoms with Crippen molar-refractivity contribution < 1.29 is 13.6 Å². The zero-order valence-corrected chi connectivity index (χ0v) is 7.93. The molecule has 11 heavy (non-hydrogen) atoms. The number of nitrogens with zero attached hydrogens (tertiary/aromatic N) is 1. The fourth-order valence-corrected chi connectivity index (χ4v) is 0.729. The summed E-state index contributed by atoms with van der Waals surface area (Å²) in [6.07, 6.45) is -0.243. The van der Waals surface area contributed by atoms with E-state index in [1.165, 1.54) is 0 Å². The highest BCUT2D eigenvalue weighted by Gasteiger charge is 2.16. The Labute approximate surface area is 68.5 Å². The first kappa shape index (κ1) is 10.8. The quantitative estimate of drug-likeness (QED) is 0.558. The molecule has 0 aromatic carbocycles. The molecule has 0 aromatic heterocycles. The molecule has 0 heterocycles. The number of likely N-dealkylation sites (N-methyl/N-ethyl adjacent to an activating group) is 1. The van der Waals surface area contributed by atoms with E-state index in [-0.39, 0.29) is 0 Å². The van der Waals surface area contributed by atoms with Crippen molar-refractivity contribution >= 4 is 0 Å². The first-order valence-electron chi connectivity index (χ1n) is 4.02. The van der Waals surface area contributed by atoms with E-state index in [1.807, 2.05) is 28.1 Å². The van der Waals surface area contributed by atoms with Crippen molar-refractivity contribution in [2.24, 2.45) is 0 Å². The molecule has 2 nitrogen and oxygen atoms in total. The molecule has 0 aliphatic rings. The van der Waals surface area contributed by atoms with E-state index in [0.717, 1.165) is 6.42 Å². The van der Waals surface area contributed by atoms with Crippen molar-refractivity contribution in [3.8, 4) is 0 Å². The van der Waals surface area contributed by atoms with Crippen molar-refractivity contribution in [1.82, 2.24) is 0 Å². The third-order valence-electron chi connectivity index (χ3n) is 1.19. The predicted molar refractivity (Wildman–Crippen MR) is 44.0 cm³/mol. The number of ether oxygens (including phenoxy) is 1. The van der Waals surface area contributed by atoms with E-state index >= 15 is 0 Å². The van der Waals surface area contributed by atoms with Gasteiger partial charge in [-0.15, -0.1) is 0 Å². The summed E-state index contributed by atoms with van der Waals surface area (Å²) in [5.74, 6) is 0. The summed E-state index contributed by atoms with van der Waals surface area (Å²) in [7, 11) is 5.84. The minimum absolute atomic E-state index is 0.417. The maximum atomic E-state index is 12.8. The number of hydrogen-bond acceptors (Lipinski definition) is 1. The Kier molecular flexibility index (Phi) is 4.61. The van der Waals surface area contributed by atoms with Crippen LogP contribution < -0.4 is 0 Å². The van der Waals surface area contributed by atoms with Gasteiger partial charge >= 0.3 is 0 Å². The number of hydrogen-bond donors (Lipinski definition) is 0. The molecule has 68 valence electrons. The van der Waals surface area contributed by atoms with E-state index in [9.17, 15) is 4.39 Å². The first-order chi connectivity index (χ1) is 4.95. The van der Waals surface area contributed by atoms with Crippen LogP contribution in [0.4, 0.5) is 4.39 Å². The van der Waals surface area contributed by atoms with Crippen LogP contribution >= 0.6 is 0 Å². The molecule has 0 N–H and O–H groups in total. The van der Waals surface area contributed by atoms with Gasteiger partial charge in [0, 0.05) is 6.61 Å². The maximum Gasteiger partial charge on any atom is 0.248 e. The molecule has 0 aromatic rings. The van der Waals surface area contributed by atoms with Crippen LogP contribution in [0.25, 0.3) is 0 Å². The zero-order valence-electron chi connectivity index (χ0n) is 7.93. The van der Waals surface area contributed by atoms with Gasteiger partial charge in [-0.05, 0) is 6.42 Å². The Balaban J connectivity index is 3.44. The summed E-state index contributed by atoms with van der Waals surface area (Å²) in [4.78, 5) is 0. The fourth-order valence-electron chi connectivity index (χ4n) is 0.729. The minimum Gasteiger partial charge on any atom is -0.344 e. The van der Waals surface area contributed by atoms with E-state index < -0.39 is 6.36 Å². The molecule has 0 amide bonds. The highest BCUT2D eigenvalue weighted by Crippen LogP contribution is 2.01. The van der Waals surface area contributed by atoms with Gasteiger partial charge < -0.3 is 9.22 Å². The summed E-state index contributed by atoms with van der Waals surface area (Å²) in [6, 6.07) is 0. The molecule has 0 rings (SSSR count). The Morgan fingerprint density at radius 2 is 1.91 bits per heavy atom. The Morgan fingerprint density at radius 3 is 2.27 bits per heavy atom. The zero-order chi connectivity index (χ0) is 8.91. The molecule has 0 spiro atoms. The minimum atomic E-state index is -1.12. The summed E-state index contributed by atoms with van der Waals surface area (Å²) in [5, 5.41) is 0. The Morgan fingerprint density at radius 1 is 1.36 bits per heavy atom. The summed E-state index contributed by atoms with van der Waals surface area (Å²) in [6.45, 7) is 2.90. The van der Waals surface area contributed by atoms with Gasteiger partial charge in [-0.3, -0.25) is 0 Å². The lowest BCUT2D eigenvalue weighted by atomic mass is 10.5. The molecule has 0 radical (unpaired) electrons. The Hall–Kier alpha value is -0.150. The largest absolute Gasteiger partial charge is 0.344 e. The lowest BCUT2D eigenvalue weighted by Crippen LogP contribution is -2.40. The molecule has 0 bridgehead atoms. The molecular weight excluding hydrogens is 145 g/mol. The average Bonchev–Trinajstić information content (AvgIpc) is 1.79. The molecule has 0 aliphatic heterocycles. The van der Waals surface area contributed by atoms with Crippen LogP contribution in [0.3, 0.4) is 0 Å². The second-order valence-electron chi connectivity index (χ2n) is 3.75. The van der Waals surface area contributed by atoms with Crippen LogP contribution in [0.1, 0.15) is 13.3 Å². The van der Waals surface area contributed by atoms with Gasteiger partial charge in [0.25, 0.3) is 0 Å². The van der Waals surface area contributed by atoms with Crippen molar-refractivity contribution in [2.75, 3.05) is 34.3 Å². The molecule has 0 saturated heterocycles. The van der Waals surface area contributed by atoms with E-state index in [2.05, 4.69) is 0 Å². The normalized spacial score (nSPS) is 15.0. The van der Waals surface area contributed by atoms with Gasteiger partial charge in [0.2, 0.25) is 6.36 Å². The molecule has 0 saturated carbocycles. The predicted octanol–water partition coefficient (Wildman–Crippen LogP) is 1.41. The molecular formula is C8H19FNO+. The molecule has 1 unspecified atom stereocenters. The average molecular weight is 164 g/mol. The number of alkyl halides is 1. The topological polar surface area (TPSA) is 9.23 Å². The highest BCUT2D eigenvalue weighted by atomic mass is 19.1. The molecule has 3 heteroatoms. The highest BCUT2D eigenvalue weighted by molar-refractivity contribution is 4.37. The van der Waals surface area contributed by atoms with Crippen LogP contribution in [-0.2, 0) is 4.74 Å². The van der Waals surface area contributed by atoms with Gasteiger partial charge in [-0.2, -0.15) is 0 Å². The van der Waals surface area contributed by atoms with Crippen LogP contribution in [0.15, 0.2) is 0 Å². The number of rotatable bonds is 5. The van der Waals surface area contributed by atoms with Crippen LogP contribution in [0, 0.1) is 0 Å². The van der Waals surface area contributed by atoms with Crippen molar-refractivity contribution in [2.45, 2.75) is 19.7 Å². The van der Waals surface area contributed by atoms with Crippen LogP contribution in [-0.4, -0.2) is 45.1 Å². The third-order valence-corrected chi connectivity index (χ3v) is 1.19. The third kappa shape index (κ3) is 7.75. The molecule has 0 aliphatic carbocycles. The first-order valence-corrected chi connectivity index (χ1v) is 4.02. The summed E-state index contributed by atoms with van der Waals surface area (Å²) in [5.41, 5.74) is 0. The fraction of sp³-hybridized carbons (Fsp3) is 1.00. The second kappa shape index (κ2) is 4.67.